The molecule has 2 rings (SSSR count). The topological polar surface area (TPSA) is 66.9 Å². The molecule has 0 bridgehead atoms. The van der Waals surface area contributed by atoms with E-state index in [2.05, 4.69) is 27.8 Å². The molecule has 0 spiro atoms. The van der Waals surface area contributed by atoms with E-state index in [1.165, 1.54) is 19.3 Å². The van der Waals surface area contributed by atoms with Crippen LogP contribution in [-0.4, -0.2) is 29.2 Å². The van der Waals surface area contributed by atoms with E-state index in [4.69, 9.17) is 0 Å². The Bertz CT molecular complexity index is 418. The normalized spacial score (nSPS) is 22.2. The van der Waals surface area contributed by atoms with Crippen LogP contribution in [0.4, 0.5) is 5.82 Å². The van der Waals surface area contributed by atoms with Crippen LogP contribution in [0, 0.1) is 11.8 Å². The molecule has 1 aromatic rings. The van der Waals surface area contributed by atoms with E-state index in [0.29, 0.717) is 12.2 Å². The van der Waals surface area contributed by atoms with Gasteiger partial charge in [0, 0.05) is 13.1 Å². The lowest BCUT2D eigenvalue weighted by molar-refractivity contribution is 0.0950. The van der Waals surface area contributed by atoms with Crippen LogP contribution in [0.5, 0.6) is 0 Å². The van der Waals surface area contributed by atoms with Crippen molar-refractivity contribution in [1.82, 2.24) is 15.5 Å². The summed E-state index contributed by atoms with van der Waals surface area (Å²) in [6, 6.07) is 3.52. The zero-order valence-corrected chi connectivity index (χ0v) is 11.6. The average Bonchev–Trinajstić information content (AvgIpc) is 2.83. The van der Waals surface area contributed by atoms with E-state index >= 15 is 0 Å². The average molecular weight is 262 g/mol. The highest BCUT2D eigenvalue weighted by molar-refractivity contribution is 5.92. The molecule has 2 atom stereocenters. The smallest absolute Gasteiger partial charge is 0.271 e. The number of amides is 1. The molecular formula is C14H22N4O. The van der Waals surface area contributed by atoms with Crippen LogP contribution in [-0.2, 0) is 0 Å². The van der Waals surface area contributed by atoms with Gasteiger partial charge >= 0.3 is 0 Å². The number of carbonyl (C=O) groups excluding carboxylic acids is 1. The molecule has 0 aromatic carbocycles. The first-order valence-electron chi connectivity index (χ1n) is 7.04. The molecule has 19 heavy (non-hydrogen) atoms. The second kappa shape index (κ2) is 6.50. The van der Waals surface area contributed by atoms with Crippen LogP contribution in [0.15, 0.2) is 12.1 Å². The molecule has 5 nitrogen and oxygen atoms in total. The Kier molecular flexibility index (Phi) is 4.71. The van der Waals surface area contributed by atoms with Gasteiger partial charge in [0.15, 0.2) is 5.69 Å². The summed E-state index contributed by atoms with van der Waals surface area (Å²) in [5.41, 5.74) is 0.363. The number of carbonyl (C=O) groups is 1. The minimum absolute atomic E-state index is 0.175. The van der Waals surface area contributed by atoms with Crippen LogP contribution in [0.25, 0.3) is 0 Å². The van der Waals surface area contributed by atoms with Crippen LogP contribution in [0.1, 0.15) is 43.6 Å². The Labute approximate surface area is 114 Å². The standard InChI is InChI=1S/C14H22N4O/c1-3-15-14(19)12-6-7-13(18-17-12)16-9-11-5-4-10(2)8-11/h6-7,10-11H,3-5,8-9H2,1-2H3,(H,15,19)(H,16,18). The lowest BCUT2D eigenvalue weighted by Gasteiger charge is -2.11. The van der Waals surface area contributed by atoms with E-state index in [0.717, 1.165) is 24.2 Å². The summed E-state index contributed by atoms with van der Waals surface area (Å²) in [6.45, 7) is 5.73. The van der Waals surface area contributed by atoms with Crippen molar-refractivity contribution in [3.8, 4) is 0 Å². The molecule has 0 aliphatic heterocycles. The van der Waals surface area contributed by atoms with Gasteiger partial charge in [0.1, 0.15) is 5.82 Å². The van der Waals surface area contributed by atoms with Crippen molar-refractivity contribution in [2.24, 2.45) is 11.8 Å². The Hall–Kier alpha value is -1.65. The minimum Gasteiger partial charge on any atom is -0.368 e. The second-order valence-corrected chi connectivity index (χ2v) is 5.33. The fourth-order valence-corrected chi connectivity index (χ4v) is 2.56. The van der Waals surface area contributed by atoms with Gasteiger partial charge in [0.05, 0.1) is 0 Å². The van der Waals surface area contributed by atoms with Crippen molar-refractivity contribution in [2.75, 3.05) is 18.4 Å². The highest BCUT2D eigenvalue weighted by Gasteiger charge is 2.20. The third kappa shape index (κ3) is 3.91. The van der Waals surface area contributed by atoms with Crippen LogP contribution >= 0.6 is 0 Å². The molecule has 5 heteroatoms. The molecule has 2 unspecified atom stereocenters. The summed E-state index contributed by atoms with van der Waals surface area (Å²) in [5, 5.41) is 14.0. The summed E-state index contributed by atoms with van der Waals surface area (Å²) >= 11 is 0. The summed E-state index contributed by atoms with van der Waals surface area (Å²) in [4.78, 5) is 11.5. The third-order valence-corrected chi connectivity index (χ3v) is 3.61. The Balaban J connectivity index is 1.83. The fourth-order valence-electron chi connectivity index (χ4n) is 2.56. The Morgan fingerprint density at radius 1 is 1.37 bits per heavy atom. The number of hydrogen-bond donors (Lipinski definition) is 2. The quantitative estimate of drug-likeness (QED) is 0.852. The predicted octanol–water partition coefficient (Wildman–Crippen LogP) is 2.07. The first-order valence-corrected chi connectivity index (χ1v) is 7.04. The van der Waals surface area contributed by atoms with Crippen molar-refractivity contribution in [1.29, 1.82) is 0 Å². The molecule has 1 fully saturated rings. The Morgan fingerprint density at radius 2 is 2.21 bits per heavy atom. The first kappa shape index (κ1) is 13.8. The summed E-state index contributed by atoms with van der Waals surface area (Å²) in [5.74, 6) is 2.15. The van der Waals surface area contributed by atoms with Gasteiger partial charge in [-0.1, -0.05) is 13.3 Å². The minimum atomic E-state index is -0.175. The van der Waals surface area contributed by atoms with Gasteiger partial charge in [0.25, 0.3) is 5.91 Å². The molecule has 1 heterocycles. The zero-order valence-electron chi connectivity index (χ0n) is 11.6. The van der Waals surface area contributed by atoms with Crippen molar-refractivity contribution < 1.29 is 4.79 Å². The number of rotatable bonds is 5. The van der Waals surface area contributed by atoms with E-state index in [1.54, 1.807) is 6.07 Å². The van der Waals surface area contributed by atoms with E-state index < -0.39 is 0 Å². The lowest BCUT2D eigenvalue weighted by Crippen LogP contribution is -2.24. The van der Waals surface area contributed by atoms with Crippen LogP contribution < -0.4 is 10.6 Å². The van der Waals surface area contributed by atoms with Crippen LogP contribution in [0.2, 0.25) is 0 Å². The van der Waals surface area contributed by atoms with Crippen molar-refractivity contribution in [2.45, 2.75) is 33.1 Å². The highest BCUT2D eigenvalue weighted by Crippen LogP contribution is 2.30. The largest absolute Gasteiger partial charge is 0.368 e. The molecule has 0 radical (unpaired) electrons. The lowest BCUT2D eigenvalue weighted by atomic mass is 10.1. The van der Waals surface area contributed by atoms with Gasteiger partial charge in [0.2, 0.25) is 0 Å². The SMILES string of the molecule is CCNC(=O)c1ccc(NCC2CCC(C)C2)nn1. The maximum absolute atomic E-state index is 11.5. The van der Waals surface area contributed by atoms with E-state index in [1.807, 2.05) is 13.0 Å². The maximum atomic E-state index is 11.5. The van der Waals surface area contributed by atoms with Crippen LogP contribution in [0.3, 0.4) is 0 Å². The van der Waals surface area contributed by atoms with E-state index in [-0.39, 0.29) is 5.91 Å². The maximum Gasteiger partial charge on any atom is 0.271 e. The number of aromatic nitrogens is 2. The second-order valence-electron chi connectivity index (χ2n) is 5.33. The van der Waals surface area contributed by atoms with Gasteiger partial charge < -0.3 is 10.6 Å². The van der Waals surface area contributed by atoms with Gasteiger partial charge in [-0.3, -0.25) is 4.79 Å². The number of nitrogens with zero attached hydrogens (tertiary/aromatic N) is 2. The van der Waals surface area contributed by atoms with Crippen molar-refractivity contribution in [3.05, 3.63) is 17.8 Å². The number of hydrogen-bond acceptors (Lipinski definition) is 4. The zero-order chi connectivity index (χ0) is 13.7. The van der Waals surface area contributed by atoms with Crippen molar-refractivity contribution >= 4 is 11.7 Å². The molecule has 1 aromatic heterocycles. The summed E-state index contributed by atoms with van der Waals surface area (Å²) in [6.07, 6.45) is 3.91. The highest BCUT2D eigenvalue weighted by atomic mass is 16.1. The molecule has 1 saturated carbocycles. The van der Waals surface area contributed by atoms with E-state index in [9.17, 15) is 4.79 Å². The van der Waals surface area contributed by atoms with Crippen molar-refractivity contribution in [3.63, 3.8) is 0 Å². The molecule has 0 saturated heterocycles. The summed E-state index contributed by atoms with van der Waals surface area (Å²) in [7, 11) is 0. The number of anilines is 1. The number of nitrogens with one attached hydrogen (secondary N) is 2. The predicted molar refractivity (Wildman–Crippen MR) is 75.0 cm³/mol. The molecule has 1 aliphatic carbocycles. The van der Waals surface area contributed by atoms with Gasteiger partial charge in [-0.2, -0.15) is 0 Å². The third-order valence-electron chi connectivity index (χ3n) is 3.61. The van der Waals surface area contributed by atoms with Gasteiger partial charge in [-0.15, -0.1) is 10.2 Å². The summed E-state index contributed by atoms with van der Waals surface area (Å²) < 4.78 is 0. The molecular weight excluding hydrogens is 240 g/mol. The fraction of sp³-hybridized carbons (Fsp3) is 0.643. The molecule has 104 valence electrons. The molecule has 1 amide bonds. The molecule has 2 N–H and O–H groups in total. The Morgan fingerprint density at radius 3 is 2.79 bits per heavy atom. The van der Waals surface area contributed by atoms with Gasteiger partial charge in [-0.05, 0) is 43.7 Å². The first-order chi connectivity index (χ1) is 9.19. The molecule has 1 aliphatic rings. The monoisotopic (exact) mass is 262 g/mol. The van der Waals surface area contributed by atoms with Gasteiger partial charge in [-0.25, -0.2) is 0 Å².